The molecule has 31 heavy (non-hydrogen) atoms. The predicted octanol–water partition coefficient (Wildman–Crippen LogP) is 2.04. The Morgan fingerprint density at radius 1 is 0.968 bits per heavy atom. The summed E-state index contributed by atoms with van der Waals surface area (Å²) in [7, 11) is 1.40. The van der Waals surface area contributed by atoms with E-state index in [-0.39, 0.29) is 34.3 Å². The summed E-state index contributed by atoms with van der Waals surface area (Å²) in [6.07, 6.45) is 1.88. The van der Waals surface area contributed by atoms with Crippen molar-refractivity contribution in [2.24, 2.45) is 0 Å². The summed E-state index contributed by atoms with van der Waals surface area (Å²) in [5.74, 6) is -1.48. The summed E-state index contributed by atoms with van der Waals surface area (Å²) in [5, 5.41) is 16.6. The van der Waals surface area contributed by atoms with Crippen LogP contribution in [0.2, 0.25) is 0 Å². The molecule has 8 nitrogen and oxygen atoms in total. The number of likely N-dealkylation sites (tertiary alicyclic amines) is 1. The van der Waals surface area contributed by atoms with Gasteiger partial charge in [0.2, 0.25) is 0 Å². The number of nitrogens with zero attached hydrogens (tertiary/aromatic N) is 2. The number of carbonyl (C=O) groups excluding carboxylic acids is 3. The van der Waals surface area contributed by atoms with Gasteiger partial charge in [0.15, 0.2) is 5.75 Å². The number of hydrogen-bond acceptors (Lipinski definition) is 6. The van der Waals surface area contributed by atoms with Crippen LogP contribution in [0.5, 0.6) is 5.75 Å². The number of amides is 3. The third-order valence-corrected chi connectivity index (χ3v) is 5.52. The van der Waals surface area contributed by atoms with Gasteiger partial charge in [-0.2, -0.15) is 0 Å². The fourth-order valence-electron chi connectivity index (χ4n) is 3.75. The molecule has 0 aromatic heterocycles. The molecule has 0 spiro atoms. The molecule has 2 aromatic carbocycles. The number of phenolic OH excluding ortho intramolecular Hbond substituents is 1. The maximum atomic E-state index is 12.7. The molecule has 0 unspecified atom stereocenters. The van der Waals surface area contributed by atoms with Crippen molar-refractivity contribution >= 4 is 23.4 Å². The van der Waals surface area contributed by atoms with E-state index in [0.717, 1.165) is 23.3 Å². The Kier molecular flexibility index (Phi) is 5.62. The Morgan fingerprint density at radius 2 is 1.65 bits per heavy atom. The van der Waals surface area contributed by atoms with Crippen LogP contribution in [0, 0.1) is 0 Å². The third-order valence-electron chi connectivity index (χ3n) is 5.52. The molecule has 0 aliphatic carbocycles. The number of rotatable bonds is 6. The molecule has 3 N–H and O–H groups in total. The lowest BCUT2D eigenvalue weighted by atomic mass is 10.1. The quantitative estimate of drug-likeness (QED) is 0.488. The molecule has 0 bridgehead atoms. The third kappa shape index (κ3) is 3.96. The average molecular weight is 420 g/mol. The molecule has 0 atom stereocenters. The van der Waals surface area contributed by atoms with Crippen molar-refractivity contribution in [1.82, 2.24) is 15.1 Å². The van der Waals surface area contributed by atoms with Crippen LogP contribution in [0.3, 0.4) is 0 Å². The first kappa shape index (κ1) is 20.5. The highest BCUT2D eigenvalue weighted by Crippen LogP contribution is 2.32. The Balaban J connectivity index is 1.61. The molecular weight excluding hydrogens is 396 g/mol. The van der Waals surface area contributed by atoms with Crippen molar-refractivity contribution in [3.63, 3.8) is 0 Å². The summed E-state index contributed by atoms with van der Waals surface area (Å²) in [6, 6.07) is 14.2. The number of benzene rings is 2. The molecular formula is C23H24N4O4. The zero-order chi connectivity index (χ0) is 22.0. The number of aromatic hydroxyl groups is 1. The van der Waals surface area contributed by atoms with E-state index >= 15 is 0 Å². The summed E-state index contributed by atoms with van der Waals surface area (Å²) < 4.78 is 0. The number of anilines is 1. The lowest BCUT2D eigenvalue weighted by Crippen LogP contribution is -2.30. The van der Waals surface area contributed by atoms with Gasteiger partial charge in [-0.05, 0) is 30.5 Å². The Labute approximate surface area is 180 Å². The zero-order valence-electron chi connectivity index (χ0n) is 17.2. The monoisotopic (exact) mass is 420 g/mol. The molecule has 2 heterocycles. The van der Waals surface area contributed by atoms with Gasteiger partial charge in [-0.1, -0.05) is 36.4 Å². The number of nitrogens with one attached hydrogen (secondary N) is 2. The minimum atomic E-state index is -0.517. The molecule has 1 fully saturated rings. The summed E-state index contributed by atoms with van der Waals surface area (Å²) in [4.78, 5) is 40.7. The van der Waals surface area contributed by atoms with E-state index in [1.807, 2.05) is 30.3 Å². The summed E-state index contributed by atoms with van der Waals surface area (Å²) >= 11 is 0. The number of hydrogen-bond donors (Lipinski definition) is 3. The first-order valence-electron chi connectivity index (χ1n) is 10.2. The number of phenols is 1. The van der Waals surface area contributed by atoms with Gasteiger partial charge in [-0.25, -0.2) is 0 Å². The maximum absolute atomic E-state index is 12.7. The van der Waals surface area contributed by atoms with Crippen LogP contribution in [0.15, 0.2) is 59.9 Å². The lowest BCUT2D eigenvalue weighted by Gasteiger charge is -2.18. The highest BCUT2D eigenvalue weighted by molar-refractivity contribution is 6.20. The number of para-hydroxylation sites is 1. The van der Waals surface area contributed by atoms with Crippen LogP contribution in [0.4, 0.5) is 5.69 Å². The van der Waals surface area contributed by atoms with Crippen LogP contribution < -0.4 is 10.6 Å². The van der Waals surface area contributed by atoms with E-state index in [4.69, 9.17) is 0 Å². The molecule has 2 aliphatic heterocycles. The Morgan fingerprint density at radius 3 is 2.35 bits per heavy atom. The largest absolute Gasteiger partial charge is 0.505 e. The molecule has 2 aliphatic rings. The fourth-order valence-corrected chi connectivity index (χ4v) is 3.75. The van der Waals surface area contributed by atoms with Crippen LogP contribution in [-0.2, 0) is 16.1 Å². The van der Waals surface area contributed by atoms with Gasteiger partial charge in [0.25, 0.3) is 17.7 Å². The van der Waals surface area contributed by atoms with E-state index in [2.05, 4.69) is 10.6 Å². The SMILES string of the molecule is CN1C(=O)C(NCc2ccccc2)=C(Nc2cccc(C(=O)N3CCCC3)c2O)C1=O. The van der Waals surface area contributed by atoms with Crippen LogP contribution in [0.25, 0.3) is 0 Å². The van der Waals surface area contributed by atoms with Crippen molar-refractivity contribution in [2.75, 3.05) is 25.5 Å². The van der Waals surface area contributed by atoms with E-state index in [9.17, 15) is 19.5 Å². The molecule has 0 radical (unpaired) electrons. The van der Waals surface area contributed by atoms with Gasteiger partial charge >= 0.3 is 0 Å². The van der Waals surface area contributed by atoms with Gasteiger partial charge < -0.3 is 20.6 Å². The Hall–Kier alpha value is -3.81. The summed E-state index contributed by atoms with van der Waals surface area (Å²) in [5.41, 5.74) is 1.45. The Bertz CT molecular complexity index is 1060. The van der Waals surface area contributed by atoms with E-state index in [1.54, 1.807) is 23.1 Å². The minimum absolute atomic E-state index is 0.0319. The highest BCUT2D eigenvalue weighted by Gasteiger charge is 2.36. The zero-order valence-corrected chi connectivity index (χ0v) is 17.2. The molecule has 3 amide bonds. The van der Waals surface area contributed by atoms with E-state index in [0.29, 0.717) is 19.6 Å². The molecule has 1 saturated heterocycles. The van der Waals surface area contributed by atoms with Crippen molar-refractivity contribution < 1.29 is 19.5 Å². The second kappa shape index (κ2) is 8.51. The van der Waals surface area contributed by atoms with Crippen molar-refractivity contribution in [3.8, 4) is 5.75 Å². The number of carbonyl (C=O) groups is 3. The number of imide groups is 1. The van der Waals surface area contributed by atoms with Crippen molar-refractivity contribution in [3.05, 3.63) is 71.1 Å². The molecule has 4 rings (SSSR count). The van der Waals surface area contributed by atoms with Crippen LogP contribution in [0.1, 0.15) is 28.8 Å². The van der Waals surface area contributed by atoms with Crippen molar-refractivity contribution in [1.29, 1.82) is 0 Å². The molecule has 0 saturated carbocycles. The maximum Gasteiger partial charge on any atom is 0.279 e. The smallest absolute Gasteiger partial charge is 0.279 e. The fraction of sp³-hybridized carbons (Fsp3) is 0.261. The normalized spacial score (nSPS) is 16.3. The second-order valence-electron chi connectivity index (χ2n) is 7.58. The predicted molar refractivity (Wildman–Crippen MR) is 115 cm³/mol. The standard InChI is InChI=1S/C23H24N4O4/c1-26-22(30)18(24-14-15-8-3-2-4-9-15)19(23(26)31)25-17-11-7-10-16(20(17)28)21(29)27-12-5-6-13-27/h2-4,7-11,24-25,28H,5-6,12-14H2,1H3. The topological polar surface area (TPSA) is 102 Å². The van der Waals surface area contributed by atoms with Gasteiger partial charge in [0.1, 0.15) is 11.4 Å². The molecule has 8 heteroatoms. The highest BCUT2D eigenvalue weighted by atomic mass is 16.3. The van der Waals surface area contributed by atoms with Gasteiger partial charge in [-0.15, -0.1) is 0 Å². The lowest BCUT2D eigenvalue weighted by molar-refractivity contribution is -0.136. The summed E-state index contributed by atoms with van der Waals surface area (Å²) in [6.45, 7) is 1.67. The minimum Gasteiger partial charge on any atom is -0.505 e. The van der Waals surface area contributed by atoms with E-state index in [1.165, 1.54) is 7.05 Å². The first-order chi connectivity index (χ1) is 15.0. The van der Waals surface area contributed by atoms with Gasteiger partial charge in [-0.3, -0.25) is 19.3 Å². The average Bonchev–Trinajstić information content (AvgIpc) is 3.39. The van der Waals surface area contributed by atoms with Crippen LogP contribution >= 0.6 is 0 Å². The van der Waals surface area contributed by atoms with E-state index < -0.39 is 11.8 Å². The second-order valence-corrected chi connectivity index (χ2v) is 7.58. The van der Waals surface area contributed by atoms with Crippen molar-refractivity contribution in [2.45, 2.75) is 19.4 Å². The first-order valence-corrected chi connectivity index (χ1v) is 10.2. The van der Waals surface area contributed by atoms with Gasteiger partial charge in [0.05, 0.1) is 11.3 Å². The van der Waals surface area contributed by atoms with Crippen LogP contribution in [-0.4, -0.2) is 52.8 Å². The number of likely N-dealkylation sites (N-methyl/N-ethyl adjacent to an activating group) is 1. The molecule has 160 valence electrons. The molecule has 2 aromatic rings. The van der Waals surface area contributed by atoms with Gasteiger partial charge in [0, 0.05) is 26.7 Å².